The first-order valence-electron chi connectivity index (χ1n) is 10.7. The SMILES string of the molecule is C=C1/C(=C/C=C2\CCC[C@]3(C)[C@@H]([C@H](C)/C=C/I)CC[C@@H]23)C[C@@H](C)C[C@@H]1C. The zero-order chi connectivity index (χ0) is 18.9. The van der Waals surface area contributed by atoms with Crippen molar-refractivity contribution in [2.75, 3.05) is 0 Å². The van der Waals surface area contributed by atoms with Crippen molar-refractivity contribution in [3.63, 3.8) is 0 Å². The molecule has 0 saturated heterocycles. The highest BCUT2D eigenvalue weighted by Gasteiger charge is 2.50. The minimum atomic E-state index is 0.502. The molecule has 0 nitrogen and oxygen atoms in total. The van der Waals surface area contributed by atoms with E-state index in [9.17, 15) is 0 Å². The first kappa shape index (κ1) is 20.4. The molecule has 0 bridgehead atoms. The monoisotopic (exact) mass is 464 g/mol. The predicted molar refractivity (Wildman–Crippen MR) is 123 cm³/mol. The first-order valence-corrected chi connectivity index (χ1v) is 12.0. The van der Waals surface area contributed by atoms with E-state index in [1.807, 2.05) is 0 Å². The summed E-state index contributed by atoms with van der Waals surface area (Å²) in [6.07, 6.45) is 16.8. The van der Waals surface area contributed by atoms with E-state index >= 15 is 0 Å². The van der Waals surface area contributed by atoms with Crippen LogP contribution in [0.3, 0.4) is 0 Å². The van der Waals surface area contributed by atoms with Crippen molar-refractivity contribution in [1.82, 2.24) is 0 Å². The van der Waals surface area contributed by atoms with Crippen LogP contribution in [0.5, 0.6) is 0 Å². The van der Waals surface area contributed by atoms with E-state index in [-0.39, 0.29) is 0 Å². The predicted octanol–water partition coefficient (Wildman–Crippen LogP) is 8.26. The van der Waals surface area contributed by atoms with Crippen molar-refractivity contribution in [1.29, 1.82) is 0 Å². The molecule has 3 aliphatic carbocycles. The normalized spacial score (nSPS) is 42.6. The van der Waals surface area contributed by atoms with Crippen molar-refractivity contribution in [2.24, 2.45) is 35.0 Å². The zero-order valence-electron chi connectivity index (χ0n) is 17.2. The van der Waals surface area contributed by atoms with E-state index in [1.54, 1.807) is 5.57 Å². The van der Waals surface area contributed by atoms with E-state index < -0.39 is 0 Å². The summed E-state index contributed by atoms with van der Waals surface area (Å²) in [5, 5.41) is 0. The molecule has 0 aromatic carbocycles. The van der Waals surface area contributed by atoms with Gasteiger partial charge in [-0.05, 0) is 95.2 Å². The third kappa shape index (κ3) is 3.93. The van der Waals surface area contributed by atoms with Gasteiger partial charge in [0.05, 0.1) is 0 Å². The summed E-state index contributed by atoms with van der Waals surface area (Å²) in [5.41, 5.74) is 5.15. The fraction of sp³-hybridized carbons (Fsp3) is 0.680. The summed E-state index contributed by atoms with van der Waals surface area (Å²) < 4.78 is 2.22. The second-order valence-corrected chi connectivity index (χ2v) is 10.4. The first-order chi connectivity index (χ1) is 12.4. The minimum absolute atomic E-state index is 0.502. The molecule has 26 heavy (non-hydrogen) atoms. The third-order valence-electron chi connectivity index (χ3n) is 7.88. The topological polar surface area (TPSA) is 0 Å². The lowest BCUT2D eigenvalue weighted by molar-refractivity contribution is 0.112. The van der Waals surface area contributed by atoms with Crippen molar-refractivity contribution < 1.29 is 0 Å². The third-order valence-corrected chi connectivity index (χ3v) is 8.29. The zero-order valence-corrected chi connectivity index (χ0v) is 19.4. The maximum absolute atomic E-state index is 4.40. The summed E-state index contributed by atoms with van der Waals surface area (Å²) >= 11 is 2.38. The largest absolute Gasteiger partial charge is 0.0953 e. The van der Waals surface area contributed by atoms with Gasteiger partial charge in [-0.25, -0.2) is 0 Å². The standard InChI is InChI=1S/C25H37I/c1-17-15-19(3)20(4)22(16-17)9-8-21-7-6-13-25(5)23(10-11-24(21)25)18(2)12-14-26/h8-9,12,14,17-19,23-24H,4,6-7,10-11,13,15-16H2,1-3,5H3/b14-12+,21-8+,22-9+/t17-,18+,19-,23+,24-,25+/m0/s1. The Bertz CT molecular complexity index is 622. The molecule has 3 fully saturated rings. The second kappa shape index (κ2) is 8.37. The van der Waals surface area contributed by atoms with Crippen LogP contribution < -0.4 is 0 Å². The molecule has 6 atom stereocenters. The molecule has 0 N–H and O–H groups in total. The Morgan fingerprint density at radius 2 is 2.00 bits per heavy atom. The van der Waals surface area contributed by atoms with Crippen LogP contribution in [0.15, 0.2) is 45.6 Å². The Hall–Kier alpha value is -0.310. The number of fused-ring (bicyclic) bond motifs is 1. The molecule has 0 heterocycles. The Kier molecular flexibility index (Phi) is 6.57. The summed E-state index contributed by atoms with van der Waals surface area (Å²) in [5.74, 6) is 3.80. The molecule has 0 radical (unpaired) electrons. The van der Waals surface area contributed by atoms with E-state index in [0.29, 0.717) is 17.3 Å². The lowest BCUT2D eigenvalue weighted by Gasteiger charge is -2.44. The molecule has 3 rings (SSSR count). The van der Waals surface area contributed by atoms with Crippen LogP contribution in [0.25, 0.3) is 0 Å². The van der Waals surface area contributed by atoms with E-state index in [4.69, 9.17) is 0 Å². The molecule has 0 aromatic heterocycles. The number of halogens is 1. The molecular weight excluding hydrogens is 427 g/mol. The fourth-order valence-electron chi connectivity index (χ4n) is 6.43. The molecule has 144 valence electrons. The minimum Gasteiger partial charge on any atom is -0.0953 e. The molecule has 0 aromatic rings. The average molecular weight is 464 g/mol. The lowest BCUT2D eigenvalue weighted by atomic mass is 9.61. The molecule has 3 aliphatic rings. The van der Waals surface area contributed by atoms with Gasteiger partial charge in [0.2, 0.25) is 0 Å². The van der Waals surface area contributed by atoms with Gasteiger partial charge in [-0.15, -0.1) is 0 Å². The van der Waals surface area contributed by atoms with Gasteiger partial charge in [-0.3, -0.25) is 0 Å². The maximum Gasteiger partial charge on any atom is -0.0143 e. The molecule has 0 aliphatic heterocycles. The quantitative estimate of drug-likeness (QED) is 0.369. The van der Waals surface area contributed by atoms with Gasteiger partial charge in [0.1, 0.15) is 0 Å². The number of rotatable bonds is 3. The van der Waals surface area contributed by atoms with E-state index in [0.717, 1.165) is 17.8 Å². The Morgan fingerprint density at radius 3 is 2.73 bits per heavy atom. The van der Waals surface area contributed by atoms with Crippen LogP contribution in [0.4, 0.5) is 0 Å². The summed E-state index contributed by atoms with van der Waals surface area (Å²) in [7, 11) is 0. The molecule has 0 unspecified atom stereocenters. The Labute approximate surface area is 175 Å². The van der Waals surface area contributed by atoms with Gasteiger partial charge in [0.25, 0.3) is 0 Å². The van der Waals surface area contributed by atoms with Crippen molar-refractivity contribution in [3.8, 4) is 0 Å². The van der Waals surface area contributed by atoms with Crippen molar-refractivity contribution in [3.05, 3.63) is 45.6 Å². The summed E-state index contributed by atoms with van der Waals surface area (Å²) in [6, 6.07) is 0. The molecule has 0 spiro atoms. The van der Waals surface area contributed by atoms with Crippen LogP contribution in [0, 0.1) is 35.0 Å². The summed E-state index contributed by atoms with van der Waals surface area (Å²) in [4.78, 5) is 0. The van der Waals surface area contributed by atoms with Gasteiger partial charge in [0, 0.05) is 0 Å². The Morgan fingerprint density at radius 1 is 1.23 bits per heavy atom. The van der Waals surface area contributed by atoms with E-state index in [1.165, 1.54) is 56.1 Å². The van der Waals surface area contributed by atoms with E-state index in [2.05, 4.69) is 79.2 Å². The molecule has 3 saturated carbocycles. The van der Waals surface area contributed by atoms with Crippen molar-refractivity contribution in [2.45, 2.75) is 72.6 Å². The van der Waals surface area contributed by atoms with Gasteiger partial charge in [0.15, 0.2) is 0 Å². The van der Waals surface area contributed by atoms with Crippen molar-refractivity contribution >= 4 is 22.6 Å². The highest BCUT2D eigenvalue weighted by molar-refractivity contribution is 14.1. The van der Waals surface area contributed by atoms with Gasteiger partial charge < -0.3 is 0 Å². The number of allylic oxidation sites excluding steroid dienone is 6. The smallest absolute Gasteiger partial charge is 0.0143 e. The van der Waals surface area contributed by atoms with Crippen LogP contribution in [-0.4, -0.2) is 0 Å². The Balaban J connectivity index is 1.82. The molecule has 0 amide bonds. The maximum atomic E-state index is 4.40. The van der Waals surface area contributed by atoms with Gasteiger partial charge >= 0.3 is 0 Å². The average Bonchev–Trinajstić information content (AvgIpc) is 2.94. The number of hydrogen-bond donors (Lipinski definition) is 0. The van der Waals surface area contributed by atoms with Crippen LogP contribution in [-0.2, 0) is 0 Å². The van der Waals surface area contributed by atoms with Gasteiger partial charge in [-0.1, -0.05) is 80.7 Å². The fourth-order valence-corrected chi connectivity index (χ4v) is 7.08. The molecular formula is C25H37I. The lowest BCUT2D eigenvalue weighted by Crippen LogP contribution is -2.35. The number of hydrogen-bond acceptors (Lipinski definition) is 0. The molecule has 1 heteroatoms. The second-order valence-electron chi connectivity index (χ2n) is 9.68. The summed E-state index contributed by atoms with van der Waals surface area (Å²) in [6.45, 7) is 14.2. The highest BCUT2D eigenvalue weighted by atomic mass is 127. The van der Waals surface area contributed by atoms with Gasteiger partial charge in [-0.2, -0.15) is 0 Å². The van der Waals surface area contributed by atoms with Crippen LogP contribution in [0.2, 0.25) is 0 Å². The highest BCUT2D eigenvalue weighted by Crippen LogP contribution is 2.59. The van der Waals surface area contributed by atoms with Crippen LogP contribution >= 0.6 is 22.6 Å². The van der Waals surface area contributed by atoms with Crippen LogP contribution in [0.1, 0.15) is 72.6 Å².